The molecule has 0 bridgehead atoms. The van der Waals surface area contributed by atoms with Gasteiger partial charge in [-0.2, -0.15) is 0 Å². The predicted octanol–water partition coefficient (Wildman–Crippen LogP) is 1.93. The van der Waals surface area contributed by atoms with Crippen molar-refractivity contribution in [3.63, 3.8) is 0 Å². The minimum absolute atomic E-state index is 0.187. The molecule has 0 aliphatic carbocycles. The van der Waals surface area contributed by atoms with E-state index in [2.05, 4.69) is 20.1 Å². The molecule has 0 radical (unpaired) electrons. The topological polar surface area (TPSA) is 75.4 Å². The highest BCUT2D eigenvalue weighted by atomic mass is 16.4. The fourth-order valence-electron chi connectivity index (χ4n) is 3.87. The Hall–Kier alpha value is -2.28. The van der Waals surface area contributed by atoms with Gasteiger partial charge in [0.2, 0.25) is 17.7 Å². The normalized spacial score (nSPS) is 22.4. The Labute approximate surface area is 147 Å². The summed E-state index contributed by atoms with van der Waals surface area (Å²) in [6.45, 7) is 5.40. The van der Waals surface area contributed by atoms with Gasteiger partial charge >= 0.3 is 0 Å². The van der Waals surface area contributed by atoms with Crippen molar-refractivity contribution >= 4 is 5.91 Å². The molecule has 7 nitrogen and oxygen atoms in total. The Morgan fingerprint density at radius 2 is 2.04 bits per heavy atom. The Kier molecular flexibility index (Phi) is 4.48. The van der Waals surface area contributed by atoms with Gasteiger partial charge in [-0.25, -0.2) is 0 Å². The van der Waals surface area contributed by atoms with E-state index in [1.54, 1.807) is 19.3 Å². The van der Waals surface area contributed by atoms with Crippen LogP contribution in [0.1, 0.15) is 38.0 Å². The van der Waals surface area contributed by atoms with Crippen LogP contribution in [0.4, 0.5) is 0 Å². The van der Waals surface area contributed by atoms with Crippen molar-refractivity contribution in [2.45, 2.75) is 38.1 Å². The first-order valence-electron chi connectivity index (χ1n) is 8.94. The van der Waals surface area contributed by atoms with E-state index in [1.165, 1.54) is 0 Å². The maximum atomic E-state index is 11.5. The molecule has 0 unspecified atom stereocenters. The molecule has 2 fully saturated rings. The summed E-state index contributed by atoms with van der Waals surface area (Å²) >= 11 is 0. The number of carbonyl (C=O) groups excluding carboxylic acids is 1. The van der Waals surface area contributed by atoms with Gasteiger partial charge in [0, 0.05) is 45.0 Å². The third-order valence-corrected chi connectivity index (χ3v) is 5.34. The second-order valence-electron chi connectivity index (χ2n) is 6.90. The molecular weight excluding hydrogens is 318 g/mol. The van der Waals surface area contributed by atoms with Gasteiger partial charge in [-0.1, -0.05) is 0 Å². The van der Waals surface area contributed by atoms with Gasteiger partial charge in [0.1, 0.15) is 0 Å². The van der Waals surface area contributed by atoms with E-state index in [0.29, 0.717) is 17.9 Å². The fourth-order valence-corrected chi connectivity index (χ4v) is 3.87. The number of amides is 1. The Balaban J connectivity index is 1.37. The highest BCUT2D eigenvalue weighted by Crippen LogP contribution is 2.31. The maximum Gasteiger partial charge on any atom is 0.249 e. The lowest BCUT2D eigenvalue weighted by Gasteiger charge is -2.36. The Morgan fingerprint density at radius 1 is 1.20 bits per heavy atom. The maximum absolute atomic E-state index is 11.5. The molecule has 0 aromatic carbocycles. The van der Waals surface area contributed by atoms with Crippen LogP contribution in [-0.4, -0.2) is 63.1 Å². The van der Waals surface area contributed by atoms with Crippen LogP contribution < -0.4 is 0 Å². The zero-order chi connectivity index (χ0) is 17.2. The molecule has 7 heteroatoms. The average Bonchev–Trinajstić information content (AvgIpc) is 3.32. The standard InChI is InChI=1S/C18H23N5O2/c1-13(24)22-9-5-16(6-10-22)23-8-4-15(12-23)18-21-20-17(25-18)14-3-2-7-19-11-14/h2-3,7,11,15-16H,4-6,8-10,12H2,1H3/t15-/m0/s1. The predicted molar refractivity (Wildman–Crippen MR) is 91.7 cm³/mol. The molecule has 2 saturated heterocycles. The molecule has 1 atom stereocenters. The molecule has 0 saturated carbocycles. The second-order valence-corrected chi connectivity index (χ2v) is 6.90. The van der Waals surface area contributed by atoms with E-state index < -0.39 is 0 Å². The fraction of sp³-hybridized carbons (Fsp3) is 0.556. The Bertz CT molecular complexity index is 724. The van der Waals surface area contributed by atoms with Crippen LogP contribution in [0.2, 0.25) is 0 Å². The van der Waals surface area contributed by atoms with Crippen LogP contribution >= 0.6 is 0 Å². The first kappa shape index (κ1) is 16.2. The zero-order valence-electron chi connectivity index (χ0n) is 14.5. The molecule has 132 valence electrons. The van der Waals surface area contributed by atoms with Gasteiger partial charge in [-0.15, -0.1) is 10.2 Å². The van der Waals surface area contributed by atoms with Crippen LogP contribution in [0.5, 0.6) is 0 Å². The van der Waals surface area contributed by atoms with E-state index in [-0.39, 0.29) is 5.91 Å². The van der Waals surface area contributed by atoms with Crippen molar-refractivity contribution in [1.82, 2.24) is 25.0 Å². The number of hydrogen-bond acceptors (Lipinski definition) is 6. The molecule has 0 spiro atoms. The molecule has 1 amide bonds. The van der Waals surface area contributed by atoms with Crippen molar-refractivity contribution in [3.05, 3.63) is 30.4 Å². The number of aromatic nitrogens is 3. The summed E-state index contributed by atoms with van der Waals surface area (Å²) < 4.78 is 5.90. The Morgan fingerprint density at radius 3 is 2.76 bits per heavy atom. The van der Waals surface area contributed by atoms with E-state index in [0.717, 1.165) is 56.9 Å². The number of carbonyl (C=O) groups is 1. The van der Waals surface area contributed by atoms with E-state index in [1.807, 2.05) is 17.0 Å². The summed E-state index contributed by atoms with van der Waals surface area (Å²) in [5.74, 6) is 1.74. The van der Waals surface area contributed by atoms with Crippen LogP contribution in [0.15, 0.2) is 28.9 Å². The van der Waals surface area contributed by atoms with Crippen molar-refractivity contribution in [2.24, 2.45) is 0 Å². The van der Waals surface area contributed by atoms with Gasteiger partial charge in [-0.3, -0.25) is 14.7 Å². The van der Waals surface area contributed by atoms with E-state index in [4.69, 9.17) is 4.42 Å². The summed E-state index contributed by atoms with van der Waals surface area (Å²) in [6.07, 6.45) is 6.61. The van der Waals surface area contributed by atoms with Gasteiger partial charge in [0.25, 0.3) is 0 Å². The summed E-state index contributed by atoms with van der Waals surface area (Å²) in [5, 5.41) is 8.44. The van der Waals surface area contributed by atoms with Gasteiger partial charge < -0.3 is 9.32 Å². The molecule has 4 heterocycles. The van der Waals surface area contributed by atoms with Crippen LogP contribution in [0, 0.1) is 0 Å². The van der Waals surface area contributed by atoms with Gasteiger partial charge in [0.15, 0.2) is 0 Å². The van der Waals surface area contributed by atoms with Gasteiger partial charge in [-0.05, 0) is 37.9 Å². The molecule has 4 rings (SSSR count). The number of pyridine rings is 1. The highest BCUT2D eigenvalue weighted by molar-refractivity contribution is 5.73. The number of piperidine rings is 1. The summed E-state index contributed by atoms with van der Waals surface area (Å²) in [4.78, 5) is 20.0. The van der Waals surface area contributed by atoms with Crippen molar-refractivity contribution < 1.29 is 9.21 Å². The van der Waals surface area contributed by atoms with Gasteiger partial charge in [0.05, 0.1) is 11.5 Å². The number of rotatable bonds is 3. The number of hydrogen-bond donors (Lipinski definition) is 0. The smallest absolute Gasteiger partial charge is 0.249 e. The molecule has 2 aromatic heterocycles. The van der Waals surface area contributed by atoms with Crippen LogP contribution in [0.3, 0.4) is 0 Å². The molecule has 2 aliphatic rings. The summed E-state index contributed by atoms with van der Waals surface area (Å²) in [7, 11) is 0. The third kappa shape index (κ3) is 3.42. The number of likely N-dealkylation sites (tertiary alicyclic amines) is 2. The van der Waals surface area contributed by atoms with Crippen LogP contribution in [0.25, 0.3) is 11.5 Å². The minimum atomic E-state index is 0.187. The second kappa shape index (κ2) is 6.92. The average molecular weight is 341 g/mol. The third-order valence-electron chi connectivity index (χ3n) is 5.34. The first-order chi connectivity index (χ1) is 12.2. The summed E-state index contributed by atoms with van der Waals surface area (Å²) in [5.41, 5.74) is 0.854. The lowest BCUT2D eigenvalue weighted by atomic mass is 10.0. The zero-order valence-corrected chi connectivity index (χ0v) is 14.5. The number of nitrogens with zero attached hydrogens (tertiary/aromatic N) is 5. The monoisotopic (exact) mass is 341 g/mol. The quantitative estimate of drug-likeness (QED) is 0.849. The minimum Gasteiger partial charge on any atom is -0.420 e. The molecular formula is C18H23N5O2. The highest BCUT2D eigenvalue weighted by Gasteiger charge is 2.34. The van der Waals surface area contributed by atoms with Crippen LogP contribution in [-0.2, 0) is 4.79 Å². The lowest BCUT2D eigenvalue weighted by molar-refractivity contribution is -0.130. The van der Waals surface area contributed by atoms with Crippen molar-refractivity contribution in [2.75, 3.05) is 26.2 Å². The lowest BCUT2D eigenvalue weighted by Crippen LogP contribution is -2.45. The summed E-state index contributed by atoms with van der Waals surface area (Å²) in [6, 6.07) is 4.35. The molecule has 0 N–H and O–H groups in total. The van der Waals surface area contributed by atoms with Crippen molar-refractivity contribution in [1.29, 1.82) is 0 Å². The van der Waals surface area contributed by atoms with E-state index >= 15 is 0 Å². The first-order valence-corrected chi connectivity index (χ1v) is 8.94. The van der Waals surface area contributed by atoms with E-state index in [9.17, 15) is 4.79 Å². The van der Waals surface area contributed by atoms with Crippen molar-refractivity contribution in [3.8, 4) is 11.5 Å². The largest absolute Gasteiger partial charge is 0.420 e. The molecule has 2 aromatic rings. The molecule has 25 heavy (non-hydrogen) atoms. The molecule has 2 aliphatic heterocycles. The SMILES string of the molecule is CC(=O)N1CCC(N2CC[C@H](c3nnc(-c4cccnc4)o3)C2)CC1.